The Labute approximate surface area is 147 Å². The van der Waals surface area contributed by atoms with Gasteiger partial charge in [-0.05, 0) is 31.7 Å². The van der Waals surface area contributed by atoms with Gasteiger partial charge in [-0.25, -0.2) is 13.8 Å². The van der Waals surface area contributed by atoms with E-state index in [9.17, 15) is 8.78 Å². The van der Waals surface area contributed by atoms with Crippen LogP contribution in [0.5, 0.6) is 0 Å². The Bertz CT molecular complexity index is 558. The highest BCUT2D eigenvalue weighted by atomic mass is 32.1. The molecule has 0 unspecified atom stereocenters. The number of nitrogens with zero attached hydrogens (tertiary/aromatic N) is 2. The molecule has 0 radical (unpaired) electrons. The molecular weight excluding hydrogens is 326 g/mol. The standard InChI is InChI=1S/C19H28F2N2S/c20-19(21)11-15(12-19)18-22-16-13-23(10-8-17(16)24-18)9-4-7-14-5-2-1-3-6-14/h14-15H,1-13H2. The van der Waals surface area contributed by atoms with Crippen molar-refractivity contribution in [2.75, 3.05) is 13.1 Å². The minimum Gasteiger partial charge on any atom is -0.297 e. The Kier molecular flexibility index (Phi) is 4.92. The van der Waals surface area contributed by atoms with Crippen molar-refractivity contribution in [3.05, 3.63) is 15.6 Å². The lowest BCUT2D eigenvalue weighted by atomic mass is 9.82. The summed E-state index contributed by atoms with van der Waals surface area (Å²) in [7, 11) is 0. The molecule has 2 heterocycles. The predicted octanol–water partition coefficient (Wildman–Crippen LogP) is 5.37. The summed E-state index contributed by atoms with van der Waals surface area (Å²) in [5, 5.41) is 0.968. The zero-order valence-corrected chi connectivity index (χ0v) is 15.2. The second-order valence-electron chi connectivity index (χ2n) is 8.06. The van der Waals surface area contributed by atoms with Crippen LogP contribution < -0.4 is 0 Å². The molecule has 0 bridgehead atoms. The SMILES string of the molecule is FC1(F)CC(c2nc3c(s2)CCN(CCCC2CCCCC2)C3)C1. The van der Waals surface area contributed by atoms with Crippen molar-refractivity contribution in [1.29, 1.82) is 0 Å². The maximum absolute atomic E-state index is 13.1. The third kappa shape index (κ3) is 3.82. The van der Waals surface area contributed by atoms with E-state index in [0.29, 0.717) is 0 Å². The van der Waals surface area contributed by atoms with E-state index < -0.39 is 5.92 Å². The molecule has 2 nitrogen and oxygen atoms in total. The lowest BCUT2D eigenvalue weighted by Crippen LogP contribution is -2.33. The molecule has 2 saturated carbocycles. The van der Waals surface area contributed by atoms with Crippen LogP contribution in [0, 0.1) is 5.92 Å². The molecule has 2 aliphatic carbocycles. The van der Waals surface area contributed by atoms with Gasteiger partial charge < -0.3 is 0 Å². The molecule has 1 aromatic heterocycles. The summed E-state index contributed by atoms with van der Waals surface area (Å²) in [4.78, 5) is 8.60. The minimum atomic E-state index is -2.44. The highest BCUT2D eigenvalue weighted by Gasteiger charge is 2.47. The Morgan fingerprint density at radius 1 is 1.17 bits per heavy atom. The first-order valence-electron chi connectivity index (χ1n) is 9.68. The molecule has 0 atom stereocenters. The molecule has 0 spiro atoms. The van der Waals surface area contributed by atoms with Crippen LogP contribution in [0.4, 0.5) is 8.78 Å². The second kappa shape index (κ2) is 6.99. The summed E-state index contributed by atoms with van der Waals surface area (Å²) in [5.74, 6) is -1.47. The molecule has 1 aromatic rings. The summed E-state index contributed by atoms with van der Waals surface area (Å²) in [6, 6.07) is 0. The largest absolute Gasteiger partial charge is 0.297 e. The van der Waals surface area contributed by atoms with Gasteiger partial charge in [0.25, 0.3) is 0 Å². The number of hydrogen-bond acceptors (Lipinski definition) is 3. The Morgan fingerprint density at radius 3 is 2.71 bits per heavy atom. The molecule has 0 saturated heterocycles. The Balaban J connectivity index is 1.26. The highest BCUT2D eigenvalue weighted by Crippen LogP contribution is 2.49. The van der Waals surface area contributed by atoms with Gasteiger partial charge in [0.05, 0.1) is 10.7 Å². The Morgan fingerprint density at radius 2 is 1.96 bits per heavy atom. The van der Waals surface area contributed by atoms with Crippen molar-refractivity contribution >= 4 is 11.3 Å². The summed E-state index contributed by atoms with van der Waals surface area (Å²) in [6.07, 6.45) is 10.9. The average Bonchev–Trinajstić information content (AvgIpc) is 2.96. The minimum absolute atomic E-state index is 0.00446. The average molecular weight is 355 g/mol. The van der Waals surface area contributed by atoms with Gasteiger partial charge in [-0.2, -0.15) is 0 Å². The van der Waals surface area contributed by atoms with Gasteiger partial charge in [0.1, 0.15) is 0 Å². The molecule has 5 heteroatoms. The molecule has 0 amide bonds. The summed E-state index contributed by atoms with van der Waals surface area (Å²) in [6.45, 7) is 3.21. The lowest BCUT2D eigenvalue weighted by Gasteiger charge is -2.33. The molecule has 0 N–H and O–H groups in total. The number of alkyl halides is 2. The van der Waals surface area contributed by atoms with Crippen LogP contribution >= 0.6 is 11.3 Å². The number of halogens is 2. The van der Waals surface area contributed by atoms with E-state index in [0.717, 1.165) is 30.4 Å². The van der Waals surface area contributed by atoms with Gasteiger partial charge in [-0.3, -0.25) is 4.90 Å². The second-order valence-corrected chi connectivity index (χ2v) is 9.17. The van der Waals surface area contributed by atoms with Crippen LogP contribution in [0.2, 0.25) is 0 Å². The normalized spacial score (nSPS) is 25.4. The number of thiazole rings is 1. The smallest absolute Gasteiger partial charge is 0.249 e. The van der Waals surface area contributed by atoms with E-state index in [1.807, 2.05) is 0 Å². The first kappa shape index (κ1) is 16.9. The van der Waals surface area contributed by atoms with Crippen molar-refractivity contribution in [3.8, 4) is 0 Å². The van der Waals surface area contributed by atoms with Gasteiger partial charge in [0.15, 0.2) is 0 Å². The molecule has 1 aliphatic heterocycles. The molecular formula is C19H28F2N2S. The molecule has 4 rings (SSSR count). The number of fused-ring (bicyclic) bond motifs is 1. The Hall–Kier alpha value is -0.550. The van der Waals surface area contributed by atoms with Crippen molar-refractivity contribution in [3.63, 3.8) is 0 Å². The molecule has 134 valence electrons. The van der Waals surface area contributed by atoms with Crippen LogP contribution in [-0.4, -0.2) is 28.9 Å². The first-order chi connectivity index (χ1) is 11.6. The molecule has 2 fully saturated rings. The number of rotatable bonds is 5. The lowest BCUT2D eigenvalue weighted by molar-refractivity contribution is -0.0868. The molecule has 24 heavy (non-hydrogen) atoms. The fourth-order valence-electron chi connectivity index (χ4n) is 4.55. The molecule has 0 aromatic carbocycles. The highest BCUT2D eigenvalue weighted by molar-refractivity contribution is 7.11. The maximum Gasteiger partial charge on any atom is 0.249 e. The van der Waals surface area contributed by atoms with Gasteiger partial charge in [0, 0.05) is 36.7 Å². The summed E-state index contributed by atoms with van der Waals surface area (Å²) in [5.41, 5.74) is 1.18. The van der Waals surface area contributed by atoms with Crippen molar-refractivity contribution < 1.29 is 8.78 Å². The van der Waals surface area contributed by atoms with E-state index in [-0.39, 0.29) is 18.8 Å². The topological polar surface area (TPSA) is 16.1 Å². The number of hydrogen-bond donors (Lipinski definition) is 0. The van der Waals surface area contributed by atoms with E-state index in [2.05, 4.69) is 4.90 Å². The van der Waals surface area contributed by atoms with Gasteiger partial charge in [-0.1, -0.05) is 32.1 Å². The van der Waals surface area contributed by atoms with Crippen LogP contribution in [0.25, 0.3) is 0 Å². The first-order valence-corrected chi connectivity index (χ1v) is 10.5. The van der Waals surface area contributed by atoms with Gasteiger partial charge in [-0.15, -0.1) is 11.3 Å². The number of aromatic nitrogens is 1. The van der Waals surface area contributed by atoms with Crippen molar-refractivity contribution in [2.24, 2.45) is 5.92 Å². The molecule has 3 aliphatic rings. The third-order valence-corrected chi connectivity index (χ3v) is 7.39. The monoisotopic (exact) mass is 354 g/mol. The van der Waals surface area contributed by atoms with Gasteiger partial charge >= 0.3 is 0 Å². The quantitative estimate of drug-likeness (QED) is 0.706. The van der Waals surface area contributed by atoms with E-state index >= 15 is 0 Å². The van der Waals surface area contributed by atoms with Crippen LogP contribution in [0.15, 0.2) is 0 Å². The van der Waals surface area contributed by atoms with Crippen LogP contribution in [0.3, 0.4) is 0 Å². The fourth-order valence-corrected chi connectivity index (χ4v) is 5.72. The van der Waals surface area contributed by atoms with Crippen LogP contribution in [-0.2, 0) is 13.0 Å². The summed E-state index contributed by atoms with van der Waals surface area (Å²) >= 11 is 1.70. The summed E-state index contributed by atoms with van der Waals surface area (Å²) < 4.78 is 26.2. The third-order valence-electron chi connectivity index (χ3n) is 6.07. The van der Waals surface area contributed by atoms with Crippen molar-refractivity contribution in [1.82, 2.24) is 9.88 Å². The fraction of sp³-hybridized carbons (Fsp3) is 0.842. The predicted molar refractivity (Wildman–Crippen MR) is 93.8 cm³/mol. The zero-order valence-electron chi connectivity index (χ0n) is 14.4. The maximum atomic E-state index is 13.1. The van der Waals surface area contributed by atoms with Crippen molar-refractivity contribution in [2.45, 2.75) is 82.6 Å². The zero-order chi connectivity index (χ0) is 16.6. The van der Waals surface area contributed by atoms with E-state index in [4.69, 9.17) is 4.98 Å². The van der Waals surface area contributed by atoms with E-state index in [1.54, 1.807) is 11.3 Å². The van der Waals surface area contributed by atoms with Gasteiger partial charge in [0.2, 0.25) is 5.92 Å². The van der Waals surface area contributed by atoms with E-state index in [1.165, 1.54) is 62.1 Å². The van der Waals surface area contributed by atoms with Crippen LogP contribution in [0.1, 0.15) is 79.3 Å².